The summed E-state index contributed by atoms with van der Waals surface area (Å²) in [5.74, 6) is -0.175. The number of carbonyl (C=O) groups is 1. The van der Waals surface area contributed by atoms with E-state index in [-0.39, 0.29) is 12.0 Å². The average Bonchev–Trinajstić information content (AvgIpc) is 3.45. The number of benzene rings is 2. The number of rotatable bonds is 5. The van der Waals surface area contributed by atoms with Gasteiger partial charge in [-0.15, -0.1) is 11.3 Å². The number of halogens is 3. The second kappa shape index (κ2) is 11.1. The Morgan fingerprint density at radius 2 is 1.83 bits per heavy atom. The van der Waals surface area contributed by atoms with E-state index in [2.05, 4.69) is 25.6 Å². The van der Waals surface area contributed by atoms with Crippen molar-refractivity contribution in [2.75, 3.05) is 23.7 Å². The first-order chi connectivity index (χ1) is 19.5. The lowest BCUT2D eigenvalue weighted by molar-refractivity contribution is -0.141. The van der Waals surface area contributed by atoms with Crippen molar-refractivity contribution < 1.29 is 23.1 Å². The van der Waals surface area contributed by atoms with Gasteiger partial charge in [-0.05, 0) is 60.5 Å². The number of nitriles is 1. The Kier molecular flexibility index (Phi) is 7.61. The summed E-state index contributed by atoms with van der Waals surface area (Å²) in [6.45, 7) is 2.50. The number of alkyl halides is 3. The number of aliphatic hydroxyl groups is 1. The van der Waals surface area contributed by atoms with Gasteiger partial charge in [-0.1, -0.05) is 6.07 Å². The van der Waals surface area contributed by atoms with Gasteiger partial charge in [0, 0.05) is 49.7 Å². The quantitative estimate of drug-likeness (QED) is 0.262. The highest BCUT2D eigenvalue weighted by Crippen LogP contribution is 2.39. The maximum atomic E-state index is 13.0. The van der Waals surface area contributed by atoms with Crippen molar-refractivity contribution in [3.63, 3.8) is 0 Å². The third-order valence-electron chi connectivity index (χ3n) is 6.61. The van der Waals surface area contributed by atoms with Gasteiger partial charge in [0.1, 0.15) is 16.3 Å². The number of piperidine rings is 1. The minimum absolute atomic E-state index is 0.175. The van der Waals surface area contributed by atoms with Gasteiger partial charge in [0.2, 0.25) is 5.95 Å². The third kappa shape index (κ3) is 6.45. The molecule has 3 N–H and O–H groups in total. The molecule has 2 aromatic heterocycles. The zero-order chi connectivity index (χ0) is 29.2. The molecule has 0 unspecified atom stereocenters. The van der Waals surface area contributed by atoms with Gasteiger partial charge in [-0.25, -0.2) is 19.7 Å². The van der Waals surface area contributed by atoms with Gasteiger partial charge in [0.15, 0.2) is 0 Å². The van der Waals surface area contributed by atoms with E-state index in [1.807, 2.05) is 19.1 Å². The van der Waals surface area contributed by atoms with Crippen LogP contribution in [0.2, 0.25) is 0 Å². The molecule has 9 nitrogen and oxygen atoms in total. The molecular weight excluding hydrogens is 555 g/mol. The van der Waals surface area contributed by atoms with E-state index in [9.17, 15) is 23.1 Å². The number of hydrogen-bond donors (Lipinski definition) is 3. The zero-order valence-corrected chi connectivity index (χ0v) is 22.6. The molecule has 0 bridgehead atoms. The number of thiazole rings is 1. The number of hydrogen-bond acceptors (Lipinski definition) is 8. The summed E-state index contributed by atoms with van der Waals surface area (Å²) in [5, 5.41) is 26.5. The summed E-state index contributed by atoms with van der Waals surface area (Å²) in [6.07, 6.45) is -1.28. The van der Waals surface area contributed by atoms with Gasteiger partial charge in [-0.2, -0.15) is 18.4 Å². The lowest BCUT2D eigenvalue weighted by Crippen LogP contribution is -2.46. The number of carbonyl (C=O) groups excluding carboxylic acids is 1. The van der Waals surface area contributed by atoms with Crippen molar-refractivity contribution in [1.82, 2.24) is 19.9 Å². The Hall–Kier alpha value is -4.54. The smallest absolute Gasteiger partial charge is 0.383 e. The zero-order valence-electron chi connectivity index (χ0n) is 21.7. The minimum Gasteiger partial charge on any atom is -0.383 e. The normalized spacial score (nSPS) is 14.8. The van der Waals surface area contributed by atoms with E-state index < -0.39 is 17.5 Å². The molecule has 1 aliphatic rings. The maximum Gasteiger partial charge on any atom is 0.433 e. The maximum absolute atomic E-state index is 13.0. The van der Waals surface area contributed by atoms with Crippen LogP contribution in [0.15, 0.2) is 60.9 Å². The highest BCUT2D eigenvalue weighted by atomic mass is 32.1. The van der Waals surface area contributed by atoms with E-state index >= 15 is 0 Å². The van der Waals surface area contributed by atoms with Crippen LogP contribution in [-0.4, -0.2) is 44.1 Å². The lowest BCUT2D eigenvalue weighted by atomic mass is 9.92. The van der Waals surface area contributed by atoms with Crippen molar-refractivity contribution >= 4 is 34.7 Å². The molecule has 0 atom stereocenters. The first-order valence-electron chi connectivity index (χ1n) is 12.6. The number of nitrogens with one attached hydrogen (secondary N) is 2. The van der Waals surface area contributed by atoms with Crippen LogP contribution in [0.1, 0.15) is 34.7 Å². The second-order valence-electron chi connectivity index (χ2n) is 9.64. The van der Waals surface area contributed by atoms with E-state index in [1.54, 1.807) is 47.5 Å². The highest BCUT2D eigenvalue weighted by molar-refractivity contribution is 7.15. The van der Waals surface area contributed by atoms with Crippen molar-refractivity contribution in [2.24, 2.45) is 0 Å². The van der Waals surface area contributed by atoms with Crippen molar-refractivity contribution in [1.29, 1.82) is 5.26 Å². The van der Waals surface area contributed by atoms with Crippen LogP contribution in [0, 0.1) is 18.3 Å². The monoisotopic (exact) mass is 579 g/mol. The molecule has 0 radical (unpaired) electrons. The van der Waals surface area contributed by atoms with Crippen LogP contribution in [0.5, 0.6) is 0 Å². The van der Waals surface area contributed by atoms with E-state index in [4.69, 9.17) is 5.26 Å². The molecule has 0 aliphatic carbocycles. The molecule has 1 saturated heterocycles. The van der Waals surface area contributed by atoms with Crippen LogP contribution in [0.4, 0.5) is 35.3 Å². The van der Waals surface area contributed by atoms with Crippen LogP contribution < -0.4 is 10.6 Å². The standard InChI is InChI=1S/C28H24F3N7O2S/c1-17-12-19(14-21(13-17)35-25-33-9-6-23(37-25)28(29,30)31)22-16-34-24(41-22)27(40)7-10-38(11-8-27)26(39)36-20-4-2-18(15-32)3-5-20/h2-6,9,12-14,16,40H,7-8,10-11H2,1H3,(H,36,39)(H,33,35,37). The highest BCUT2D eigenvalue weighted by Gasteiger charge is 2.38. The molecule has 2 amide bonds. The van der Waals surface area contributed by atoms with Crippen LogP contribution in [0.3, 0.4) is 0 Å². The predicted octanol–water partition coefficient (Wildman–Crippen LogP) is 6.06. The number of urea groups is 1. The van der Waals surface area contributed by atoms with Gasteiger partial charge in [-0.3, -0.25) is 0 Å². The van der Waals surface area contributed by atoms with Gasteiger partial charge < -0.3 is 20.6 Å². The topological polar surface area (TPSA) is 127 Å². The molecule has 0 spiro atoms. The van der Waals surface area contributed by atoms with Crippen LogP contribution >= 0.6 is 11.3 Å². The molecule has 41 heavy (non-hydrogen) atoms. The van der Waals surface area contributed by atoms with Crippen LogP contribution in [-0.2, 0) is 11.8 Å². The summed E-state index contributed by atoms with van der Waals surface area (Å²) in [5.41, 5.74) is 0.960. The fourth-order valence-electron chi connectivity index (χ4n) is 4.45. The molecule has 1 fully saturated rings. The van der Waals surface area contributed by atoms with Gasteiger partial charge >= 0.3 is 12.2 Å². The fraction of sp³-hybridized carbons (Fsp3) is 0.250. The molecule has 2 aromatic carbocycles. The average molecular weight is 580 g/mol. The Morgan fingerprint density at radius 3 is 2.51 bits per heavy atom. The molecule has 4 aromatic rings. The number of nitrogens with zero attached hydrogens (tertiary/aromatic N) is 5. The number of amides is 2. The molecule has 0 saturated carbocycles. The van der Waals surface area contributed by atoms with Gasteiger partial charge in [0.25, 0.3) is 0 Å². The second-order valence-corrected chi connectivity index (χ2v) is 10.7. The summed E-state index contributed by atoms with van der Waals surface area (Å²) in [4.78, 5) is 27.0. The Labute approximate surface area is 237 Å². The van der Waals surface area contributed by atoms with Gasteiger partial charge in [0.05, 0.1) is 16.5 Å². The fourth-order valence-corrected chi connectivity index (χ4v) is 5.50. The third-order valence-corrected chi connectivity index (χ3v) is 7.85. The number of aromatic nitrogens is 3. The van der Waals surface area contributed by atoms with Crippen LogP contribution in [0.25, 0.3) is 10.4 Å². The summed E-state index contributed by atoms with van der Waals surface area (Å²) >= 11 is 1.32. The minimum atomic E-state index is -4.58. The van der Waals surface area contributed by atoms with Crippen molar-refractivity contribution in [3.05, 3.63) is 82.8 Å². The van der Waals surface area contributed by atoms with Crippen molar-refractivity contribution in [3.8, 4) is 16.5 Å². The summed E-state index contributed by atoms with van der Waals surface area (Å²) in [6, 6.07) is 14.5. The number of likely N-dealkylation sites (tertiary alicyclic amines) is 1. The molecule has 1 aliphatic heterocycles. The molecule has 5 rings (SSSR count). The molecule has 3 heterocycles. The number of anilines is 3. The van der Waals surface area contributed by atoms with E-state index in [1.165, 1.54) is 11.3 Å². The SMILES string of the molecule is Cc1cc(Nc2nccc(C(F)(F)F)n2)cc(-c2cnc(C3(O)CCN(C(=O)Nc4ccc(C#N)cc4)CC3)s2)c1. The first-order valence-corrected chi connectivity index (χ1v) is 13.4. The van der Waals surface area contributed by atoms with E-state index in [0.29, 0.717) is 47.9 Å². The lowest BCUT2D eigenvalue weighted by Gasteiger charge is -2.36. The first kappa shape index (κ1) is 28.0. The summed E-state index contributed by atoms with van der Waals surface area (Å²) < 4.78 is 39.1. The molecular formula is C28H24F3N7O2S. The Morgan fingerprint density at radius 1 is 1.10 bits per heavy atom. The van der Waals surface area contributed by atoms with E-state index in [0.717, 1.165) is 28.3 Å². The molecule has 13 heteroatoms. The Bertz CT molecular complexity index is 1610. The van der Waals surface area contributed by atoms with Crippen molar-refractivity contribution in [2.45, 2.75) is 31.5 Å². The largest absolute Gasteiger partial charge is 0.433 e. The summed E-state index contributed by atoms with van der Waals surface area (Å²) in [7, 11) is 0. The molecule has 210 valence electrons. The predicted molar refractivity (Wildman–Crippen MR) is 147 cm³/mol. The Balaban J connectivity index is 1.26. The number of aryl methyl sites for hydroxylation is 1.